The molecule has 0 amide bonds. The molecule has 2 saturated heterocycles. The van der Waals surface area contributed by atoms with Crippen LogP contribution in [-0.2, 0) is 29.8 Å². The summed E-state index contributed by atoms with van der Waals surface area (Å²) in [6, 6.07) is 29.6. The predicted molar refractivity (Wildman–Crippen MR) is 180 cm³/mol. The Labute approximate surface area is 273 Å². The van der Waals surface area contributed by atoms with Gasteiger partial charge in [0.05, 0.1) is 24.7 Å². The van der Waals surface area contributed by atoms with Crippen molar-refractivity contribution in [2.45, 2.75) is 26.1 Å². The summed E-state index contributed by atoms with van der Waals surface area (Å²) < 4.78 is 20.5. The van der Waals surface area contributed by atoms with Crippen molar-refractivity contribution in [1.29, 1.82) is 0 Å². The van der Waals surface area contributed by atoms with E-state index in [1.165, 1.54) is 7.11 Å². The van der Waals surface area contributed by atoms with Gasteiger partial charge in [-0.25, -0.2) is 4.79 Å². The van der Waals surface area contributed by atoms with Gasteiger partial charge < -0.3 is 19.1 Å². The summed E-state index contributed by atoms with van der Waals surface area (Å²) in [4.78, 5) is 34.8. The first-order valence-corrected chi connectivity index (χ1v) is 16.0. The monoisotopic (exact) mass is 633 g/mol. The molecular weight excluding hydrogens is 594 g/mol. The van der Waals surface area contributed by atoms with Gasteiger partial charge in [-0.15, -0.1) is 0 Å². The zero-order valence-electron chi connectivity index (χ0n) is 26.8. The lowest BCUT2D eigenvalue weighted by atomic mass is 9.71. The summed E-state index contributed by atoms with van der Waals surface area (Å²) >= 11 is 0. The molecule has 47 heavy (non-hydrogen) atoms. The number of ether oxygens (including phenoxy) is 3. The van der Waals surface area contributed by atoms with Crippen molar-refractivity contribution < 1.29 is 19.0 Å². The number of fused-ring (bicyclic) bond motifs is 1. The topological polar surface area (TPSA) is 91.1 Å². The zero-order valence-corrected chi connectivity index (χ0v) is 26.8. The SMILES string of the molecule is COC(=O)CN1CCC2(CC1)CN(c1ccc3c(c1)n(C)c(=O)n3-c1ccc(OCc3ccccc3)nc1OCc1ccccc1)C2. The molecule has 3 aromatic carbocycles. The van der Waals surface area contributed by atoms with Crippen molar-refractivity contribution in [3.63, 3.8) is 0 Å². The van der Waals surface area contributed by atoms with E-state index in [0.717, 1.165) is 66.9 Å². The molecule has 1 spiro atoms. The van der Waals surface area contributed by atoms with Crippen LogP contribution in [-0.4, -0.2) is 64.8 Å². The summed E-state index contributed by atoms with van der Waals surface area (Å²) in [6.07, 6.45) is 2.11. The minimum atomic E-state index is -0.181. The normalized spacial score (nSPS) is 15.8. The summed E-state index contributed by atoms with van der Waals surface area (Å²) in [6.45, 7) is 4.75. The van der Waals surface area contributed by atoms with Gasteiger partial charge in [-0.2, -0.15) is 4.98 Å². The van der Waals surface area contributed by atoms with Crippen molar-refractivity contribution in [3.8, 4) is 17.4 Å². The van der Waals surface area contributed by atoms with Crippen LogP contribution in [0.1, 0.15) is 24.0 Å². The maximum atomic E-state index is 13.8. The molecule has 0 aliphatic carbocycles. The van der Waals surface area contributed by atoms with E-state index in [1.807, 2.05) is 72.8 Å². The molecule has 2 fully saturated rings. The Bertz CT molecular complexity index is 1920. The molecule has 0 saturated carbocycles. The van der Waals surface area contributed by atoms with E-state index < -0.39 is 0 Å². The standard InChI is InChI=1S/C37H39N5O5/c1-39-32-21-29(41-25-37(26-41)17-19-40(20-18-37)22-34(43)45-2)13-14-30(32)42(36(39)44)31-15-16-33(46-23-27-9-5-3-6-10-27)38-35(31)47-24-28-11-7-4-8-12-28/h3-16,21H,17-20,22-26H2,1-2H3. The molecule has 0 atom stereocenters. The molecule has 5 aromatic rings. The minimum absolute atomic E-state index is 0.181. The largest absolute Gasteiger partial charge is 0.473 e. The highest BCUT2D eigenvalue weighted by atomic mass is 16.5. The molecule has 10 nitrogen and oxygen atoms in total. The number of nitrogens with zero attached hydrogens (tertiary/aromatic N) is 5. The van der Waals surface area contributed by atoms with Gasteiger partial charge in [0, 0.05) is 37.3 Å². The molecular formula is C37H39N5O5. The number of carbonyl (C=O) groups is 1. The third kappa shape index (κ3) is 6.33. The van der Waals surface area contributed by atoms with Crippen LogP contribution in [0.2, 0.25) is 0 Å². The fourth-order valence-electron chi connectivity index (χ4n) is 6.68. The van der Waals surface area contributed by atoms with Crippen LogP contribution in [0.5, 0.6) is 11.8 Å². The number of carbonyl (C=O) groups excluding carboxylic acids is 1. The highest BCUT2D eigenvalue weighted by molar-refractivity contribution is 5.83. The number of piperidine rings is 1. The number of hydrogen-bond acceptors (Lipinski definition) is 8. The molecule has 2 aliphatic rings. The number of imidazole rings is 1. The van der Waals surface area contributed by atoms with Gasteiger partial charge in [0.25, 0.3) is 0 Å². The van der Waals surface area contributed by atoms with Gasteiger partial charge in [0.1, 0.15) is 18.9 Å². The van der Waals surface area contributed by atoms with Crippen LogP contribution >= 0.6 is 0 Å². The Morgan fingerprint density at radius 2 is 1.49 bits per heavy atom. The maximum Gasteiger partial charge on any atom is 0.333 e. The van der Waals surface area contributed by atoms with Gasteiger partial charge in [-0.1, -0.05) is 60.7 Å². The van der Waals surface area contributed by atoms with Gasteiger partial charge in [-0.05, 0) is 61.3 Å². The van der Waals surface area contributed by atoms with E-state index in [2.05, 4.69) is 21.9 Å². The Balaban J connectivity index is 1.13. The molecule has 7 rings (SSSR count). The second-order valence-corrected chi connectivity index (χ2v) is 12.6. The van der Waals surface area contributed by atoms with E-state index >= 15 is 0 Å². The molecule has 242 valence electrons. The Morgan fingerprint density at radius 1 is 0.830 bits per heavy atom. The average Bonchev–Trinajstić information content (AvgIpc) is 3.34. The molecule has 2 aliphatic heterocycles. The van der Waals surface area contributed by atoms with Gasteiger partial charge in [0.15, 0.2) is 0 Å². The second kappa shape index (κ2) is 13.0. The van der Waals surface area contributed by atoms with E-state index in [-0.39, 0.29) is 17.1 Å². The number of hydrogen-bond donors (Lipinski definition) is 0. The van der Waals surface area contributed by atoms with Gasteiger partial charge in [0.2, 0.25) is 11.8 Å². The highest BCUT2D eigenvalue weighted by Crippen LogP contribution is 2.43. The molecule has 4 heterocycles. The van der Waals surface area contributed by atoms with E-state index in [9.17, 15) is 9.59 Å². The molecule has 10 heteroatoms. The third-order valence-corrected chi connectivity index (χ3v) is 9.46. The number of anilines is 1. The molecule has 0 N–H and O–H groups in total. The summed E-state index contributed by atoms with van der Waals surface area (Å²) in [7, 11) is 3.24. The van der Waals surface area contributed by atoms with Crippen LogP contribution in [0, 0.1) is 5.41 Å². The number of rotatable bonds is 10. The van der Waals surface area contributed by atoms with E-state index in [1.54, 1.807) is 22.2 Å². The first-order valence-electron chi connectivity index (χ1n) is 16.0. The van der Waals surface area contributed by atoms with Crippen LogP contribution < -0.4 is 20.1 Å². The van der Waals surface area contributed by atoms with Crippen molar-refractivity contribution in [1.82, 2.24) is 19.0 Å². The third-order valence-electron chi connectivity index (χ3n) is 9.46. The lowest BCUT2D eigenvalue weighted by Gasteiger charge is -2.55. The van der Waals surface area contributed by atoms with Crippen molar-refractivity contribution >= 4 is 22.7 Å². The minimum Gasteiger partial charge on any atom is -0.473 e. The van der Waals surface area contributed by atoms with Crippen LogP contribution in [0.15, 0.2) is 95.8 Å². The van der Waals surface area contributed by atoms with Crippen LogP contribution in [0.25, 0.3) is 16.7 Å². The van der Waals surface area contributed by atoms with E-state index in [0.29, 0.717) is 37.2 Å². The Morgan fingerprint density at radius 3 is 2.15 bits per heavy atom. The van der Waals surface area contributed by atoms with Gasteiger partial charge in [-0.3, -0.25) is 18.8 Å². The lowest BCUT2D eigenvalue weighted by molar-refractivity contribution is -0.142. The summed E-state index contributed by atoms with van der Waals surface area (Å²) in [5.41, 5.74) is 5.36. The molecule has 2 aromatic heterocycles. The fourth-order valence-corrected chi connectivity index (χ4v) is 6.68. The number of methoxy groups -OCH3 is 1. The Kier molecular flexibility index (Phi) is 8.43. The van der Waals surface area contributed by atoms with Crippen LogP contribution in [0.3, 0.4) is 0 Å². The Hall–Kier alpha value is -5.09. The smallest absolute Gasteiger partial charge is 0.333 e. The first kappa shape index (κ1) is 30.6. The van der Waals surface area contributed by atoms with E-state index in [4.69, 9.17) is 19.2 Å². The number of aromatic nitrogens is 3. The molecule has 0 radical (unpaired) electrons. The number of benzene rings is 3. The van der Waals surface area contributed by atoms with Crippen molar-refractivity contribution in [2.24, 2.45) is 12.5 Å². The van der Waals surface area contributed by atoms with Crippen molar-refractivity contribution in [3.05, 3.63) is 113 Å². The number of pyridine rings is 1. The molecule has 0 unspecified atom stereocenters. The second-order valence-electron chi connectivity index (χ2n) is 12.6. The number of aryl methyl sites for hydroxylation is 1. The zero-order chi connectivity index (χ0) is 32.4. The first-order chi connectivity index (χ1) is 22.9. The average molecular weight is 634 g/mol. The highest BCUT2D eigenvalue weighted by Gasteiger charge is 2.45. The quantitative estimate of drug-likeness (QED) is 0.200. The van der Waals surface area contributed by atoms with Crippen LogP contribution in [0.4, 0.5) is 5.69 Å². The molecule has 0 bridgehead atoms. The lowest BCUT2D eigenvalue weighted by Crippen LogP contribution is -2.60. The maximum absolute atomic E-state index is 13.8. The predicted octanol–water partition coefficient (Wildman–Crippen LogP) is 4.96. The fraction of sp³-hybridized carbons (Fsp3) is 0.324. The number of likely N-dealkylation sites (tertiary alicyclic amines) is 1. The number of esters is 1. The summed E-state index contributed by atoms with van der Waals surface area (Å²) in [5.74, 6) is 0.556. The van der Waals surface area contributed by atoms with Crippen molar-refractivity contribution in [2.75, 3.05) is 44.7 Å². The summed E-state index contributed by atoms with van der Waals surface area (Å²) in [5, 5.41) is 0. The van der Waals surface area contributed by atoms with Gasteiger partial charge >= 0.3 is 11.7 Å².